The van der Waals surface area contributed by atoms with Crippen LogP contribution in [-0.2, 0) is 0 Å². The summed E-state index contributed by atoms with van der Waals surface area (Å²) < 4.78 is 5.38. The van der Waals surface area contributed by atoms with Gasteiger partial charge in [-0.15, -0.1) is 0 Å². The molecule has 0 aliphatic carbocycles. The first-order valence-electron chi connectivity index (χ1n) is 9.68. The fourth-order valence-electron chi connectivity index (χ4n) is 4.60. The van der Waals surface area contributed by atoms with Crippen molar-refractivity contribution >= 4 is 22.4 Å². The van der Waals surface area contributed by atoms with Gasteiger partial charge in [-0.2, -0.15) is 0 Å². The SMILES string of the molecule is Cc1noc(C)c1-c1ccc2c3c(cccc13)C(=O)N2CCN1CCCC1. The Morgan fingerprint density at radius 3 is 2.59 bits per heavy atom. The lowest BCUT2D eigenvalue weighted by Crippen LogP contribution is -2.35. The smallest absolute Gasteiger partial charge is 0.259 e. The quantitative estimate of drug-likeness (QED) is 0.700. The molecule has 3 heterocycles. The zero-order valence-corrected chi connectivity index (χ0v) is 15.8. The van der Waals surface area contributed by atoms with Crippen LogP contribution in [0.15, 0.2) is 34.9 Å². The van der Waals surface area contributed by atoms with Crippen molar-refractivity contribution < 1.29 is 9.32 Å². The highest BCUT2D eigenvalue weighted by molar-refractivity contribution is 6.26. The van der Waals surface area contributed by atoms with Gasteiger partial charge in [0.2, 0.25) is 0 Å². The summed E-state index contributed by atoms with van der Waals surface area (Å²) >= 11 is 0. The summed E-state index contributed by atoms with van der Waals surface area (Å²) in [6.45, 7) is 7.87. The fourth-order valence-corrected chi connectivity index (χ4v) is 4.60. The number of likely N-dealkylation sites (tertiary alicyclic amines) is 1. The maximum Gasteiger partial charge on any atom is 0.259 e. The number of carbonyl (C=O) groups is 1. The lowest BCUT2D eigenvalue weighted by molar-refractivity contribution is 0.0990. The van der Waals surface area contributed by atoms with Gasteiger partial charge in [0, 0.05) is 29.6 Å². The van der Waals surface area contributed by atoms with Crippen LogP contribution in [0.1, 0.15) is 34.7 Å². The maximum absolute atomic E-state index is 13.1. The van der Waals surface area contributed by atoms with Crippen LogP contribution in [0.3, 0.4) is 0 Å². The first-order chi connectivity index (χ1) is 13.1. The van der Waals surface area contributed by atoms with Gasteiger partial charge in [0.05, 0.1) is 11.4 Å². The highest BCUT2D eigenvalue weighted by atomic mass is 16.5. The Hall–Kier alpha value is -2.66. The predicted molar refractivity (Wildman–Crippen MR) is 106 cm³/mol. The minimum absolute atomic E-state index is 0.116. The number of hydrogen-bond acceptors (Lipinski definition) is 4. The van der Waals surface area contributed by atoms with Crippen LogP contribution < -0.4 is 4.90 Å². The van der Waals surface area contributed by atoms with E-state index in [1.165, 1.54) is 12.8 Å². The van der Waals surface area contributed by atoms with Gasteiger partial charge in [-0.25, -0.2) is 0 Å². The second-order valence-electron chi connectivity index (χ2n) is 7.57. The second kappa shape index (κ2) is 6.20. The van der Waals surface area contributed by atoms with Crippen LogP contribution in [0.2, 0.25) is 0 Å². The summed E-state index contributed by atoms with van der Waals surface area (Å²) in [6.07, 6.45) is 2.54. The van der Waals surface area contributed by atoms with Crippen molar-refractivity contribution in [2.24, 2.45) is 0 Å². The molecule has 2 aromatic carbocycles. The molecule has 3 aromatic rings. The van der Waals surface area contributed by atoms with E-state index in [1.807, 2.05) is 30.9 Å². The highest BCUT2D eigenvalue weighted by Gasteiger charge is 2.31. The normalized spacial score (nSPS) is 16.8. The van der Waals surface area contributed by atoms with Gasteiger partial charge in [0.25, 0.3) is 5.91 Å². The van der Waals surface area contributed by atoms with Crippen LogP contribution in [0, 0.1) is 13.8 Å². The Balaban J connectivity index is 1.60. The number of rotatable bonds is 4. The number of aryl methyl sites for hydroxylation is 2. The van der Waals surface area contributed by atoms with Gasteiger partial charge in [-0.05, 0) is 62.9 Å². The van der Waals surface area contributed by atoms with E-state index < -0.39 is 0 Å². The van der Waals surface area contributed by atoms with Gasteiger partial charge >= 0.3 is 0 Å². The van der Waals surface area contributed by atoms with Crippen molar-refractivity contribution in [3.8, 4) is 11.1 Å². The summed E-state index contributed by atoms with van der Waals surface area (Å²) in [5.41, 5.74) is 4.82. The maximum atomic E-state index is 13.1. The highest BCUT2D eigenvalue weighted by Crippen LogP contribution is 2.43. The van der Waals surface area contributed by atoms with Gasteiger partial charge in [-0.3, -0.25) is 4.79 Å². The molecule has 2 aliphatic heterocycles. The molecule has 5 rings (SSSR count). The number of anilines is 1. The second-order valence-corrected chi connectivity index (χ2v) is 7.57. The van der Waals surface area contributed by atoms with E-state index in [-0.39, 0.29) is 5.91 Å². The molecule has 1 saturated heterocycles. The summed E-state index contributed by atoms with van der Waals surface area (Å²) in [4.78, 5) is 17.5. The lowest BCUT2D eigenvalue weighted by Gasteiger charge is -2.22. The average molecular weight is 361 g/mol. The molecule has 2 aliphatic rings. The van der Waals surface area contributed by atoms with Crippen molar-refractivity contribution in [1.82, 2.24) is 10.1 Å². The van der Waals surface area contributed by atoms with Crippen LogP contribution in [-0.4, -0.2) is 42.1 Å². The third kappa shape index (κ3) is 2.49. The minimum Gasteiger partial charge on any atom is -0.361 e. The van der Waals surface area contributed by atoms with E-state index in [2.05, 4.69) is 28.3 Å². The molecule has 1 fully saturated rings. The Bertz CT molecular complexity index is 1030. The van der Waals surface area contributed by atoms with Gasteiger partial charge in [0.1, 0.15) is 5.76 Å². The van der Waals surface area contributed by atoms with E-state index >= 15 is 0 Å². The van der Waals surface area contributed by atoms with E-state index in [0.717, 1.165) is 70.8 Å². The van der Waals surface area contributed by atoms with Crippen molar-refractivity contribution in [1.29, 1.82) is 0 Å². The van der Waals surface area contributed by atoms with Crippen LogP contribution >= 0.6 is 0 Å². The summed E-state index contributed by atoms with van der Waals surface area (Å²) in [6, 6.07) is 10.2. The molecule has 0 spiro atoms. The van der Waals surface area contributed by atoms with E-state index in [1.54, 1.807) is 0 Å². The summed E-state index contributed by atoms with van der Waals surface area (Å²) in [5, 5.41) is 6.26. The van der Waals surface area contributed by atoms with Crippen LogP contribution in [0.5, 0.6) is 0 Å². The largest absolute Gasteiger partial charge is 0.361 e. The minimum atomic E-state index is 0.116. The molecule has 27 heavy (non-hydrogen) atoms. The monoisotopic (exact) mass is 361 g/mol. The molecule has 0 N–H and O–H groups in total. The van der Waals surface area contributed by atoms with Crippen LogP contribution in [0.25, 0.3) is 21.9 Å². The zero-order chi connectivity index (χ0) is 18.5. The molecule has 0 unspecified atom stereocenters. The van der Waals surface area contributed by atoms with Gasteiger partial charge in [0.15, 0.2) is 0 Å². The molecule has 0 saturated carbocycles. The molecule has 138 valence electrons. The molecule has 0 bridgehead atoms. The number of benzene rings is 2. The van der Waals surface area contributed by atoms with Crippen molar-refractivity contribution in [3.05, 3.63) is 47.3 Å². The Labute approximate surface area is 158 Å². The number of aromatic nitrogens is 1. The average Bonchev–Trinajstić information content (AvgIpc) is 3.37. The third-order valence-corrected chi connectivity index (χ3v) is 5.93. The number of hydrogen-bond donors (Lipinski definition) is 0. The molecular weight excluding hydrogens is 338 g/mol. The summed E-state index contributed by atoms with van der Waals surface area (Å²) in [5.74, 6) is 0.925. The summed E-state index contributed by atoms with van der Waals surface area (Å²) in [7, 11) is 0. The first-order valence-corrected chi connectivity index (χ1v) is 9.68. The van der Waals surface area contributed by atoms with Crippen molar-refractivity contribution in [2.45, 2.75) is 26.7 Å². The van der Waals surface area contributed by atoms with E-state index in [9.17, 15) is 4.79 Å². The molecule has 5 nitrogen and oxygen atoms in total. The fraction of sp³-hybridized carbons (Fsp3) is 0.364. The Morgan fingerprint density at radius 1 is 1.04 bits per heavy atom. The first kappa shape index (κ1) is 16.5. The van der Waals surface area contributed by atoms with Gasteiger partial charge < -0.3 is 14.3 Å². The lowest BCUT2D eigenvalue weighted by atomic mass is 9.95. The third-order valence-electron chi connectivity index (χ3n) is 5.93. The molecule has 0 radical (unpaired) electrons. The molecule has 1 amide bonds. The molecule has 0 atom stereocenters. The topological polar surface area (TPSA) is 49.6 Å². The predicted octanol–water partition coefficient (Wildman–Crippen LogP) is 4.17. The molecule has 5 heteroatoms. The van der Waals surface area contributed by atoms with E-state index in [4.69, 9.17) is 4.52 Å². The van der Waals surface area contributed by atoms with E-state index in [0.29, 0.717) is 0 Å². The standard InChI is InChI=1S/C22H23N3O2/c1-14-20(15(2)27-23-14)17-8-9-19-21-16(17)6-5-7-18(21)22(26)25(19)13-12-24-10-3-4-11-24/h5-9H,3-4,10-13H2,1-2H3. The number of carbonyl (C=O) groups excluding carboxylic acids is 1. The number of nitrogens with zero attached hydrogens (tertiary/aromatic N) is 3. The van der Waals surface area contributed by atoms with Gasteiger partial charge in [-0.1, -0.05) is 23.4 Å². The zero-order valence-electron chi connectivity index (χ0n) is 15.8. The Morgan fingerprint density at radius 2 is 1.85 bits per heavy atom. The molecular formula is C22H23N3O2. The Kier molecular flexibility index (Phi) is 3.79. The van der Waals surface area contributed by atoms with Crippen molar-refractivity contribution in [3.63, 3.8) is 0 Å². The molecule has 1 aromatic heterocycles. The number of amides is 1. The van der Waals surface area contributed by atoms with Crippen molar-refractivity contribution in [2.75, 3.05) is 31.1 Å². The van der Waals surface area contributed by atoms with Crippen LogP contribution in [0.4, 0.5) is 5.69 Å².